The van der Waals surface area contributed by atoms with E-state index in [4.69, 9.17) is 4.98 Å². The number of hydrogen-bond acceptors (Lipinski definition) is 4. The second-order valence-electron chi connectivity index (χ2n) is 5.42. The lowest BCUT2D eigenvalue weighted by atomic mass is 10.2. The van der Waals surface area contributed by atoms with Gasteiger partial charge >= 0.3 is 0 Å². The number of rotatable bonds is 7. The summed E-state index contributed by atoms with van der Waals surface area (Å²) in [6, 6.07) is 9.07. The Hall–Kier alpha value is -0.840. The van der Waals surface area contributed by atoms with Crippen LogP contribution in [0.4, 0.5) is 0 Å². The summed E-state index contributed by atoms with van der Waals surface area (Å²) in [7, 11) is 0. The maximum atomic E-state index is 4.81. The third-order valence-electron chi connectivity index (χ3n) is 3.27. The van der Waals surface area contributed by atoms with Crippen molar-refractivity contribution in [2.75, 3.05) is 0 Å². The summed E-state index contributed by atoms with van der Waals surface area (Å²) in [5, 5.41) is 4.73. The number of aromatic nitrogens is 1. The van der Waals surface area contributed by atoms with E-state index in [1.807, 2.05) is 23.1 Å². The van der Waals surface area contributed by atoms with Crippen LogP contribution >= 0.6 is 23.1 Å². The summed E-state index contributed by atoms with van der Waals surface area (Å²) in [4.78, 5) is 7.56. The molecule has 0 saturated heterocycles. The summed E-state index contributed by atoms with van der Waals surface area (Å²) < 4.78 is 0. The number of hydrogen-bond donors (Lipinski definition) is 1. The molecule has 0 aliphatic carbocycles. The Labute approximate surface area is 136 Å². The van der Waals surface area contributed by atoms with Crippen LogP contribution in [0.15, 0.2) is 29.2 Å². The first kappa shape index (κ1) is 16.5. The van der Waals surface area contributed by atoms with Crippen molar-refractivity contribution in [3.8, 4) is 0 Å². The predicted octanol–water partition coefficient (Wildman–Crippen LogP) is 4.80. The van der Waals surface area contributed by atoms with Crippen molar-refractivity contribution in [2.45, 2.75) is 57.4 Å². The molecule has 1 aromatic heterocycles. The Bertz CT molecular complexity index is 576. The summed E-state index contributed by atoms with van der Waals surface area (Å²) in [5.74, 6) is 0.962. The van der Waals surface area contributed by atoms with E-state index in [1.165, 1.54) is 26.0 Å². The lowest BCUT2D eigenvalue weighted by molar-refractivity contribution is 0.590. The van der Waals surface area contributed by atoms with Gasteiger partial charge in [0, 0.05) is 22.4 Å². The van der Waals surface area contributed by atoms with Crippen molar-refractivity contribution in [1.29, 1.82) is 0 Å². The van der Waals surface area contributed by atoms with Crippen LogP contribution in [0.1, 0.15) is 41.9 Å². The molecule has 1 N–H and O–H groups in total. The molecule has 0 fully saturated rings. The van der Waals surface area contributed by atoms with Crippen LogP contribution in [0, 0.1) is 6.92 Å². The molecule has 0 atom stereocenters. The average molecular weight is 321 g/mol. The Balaban J connectivity index is 2.02. The van der Waals surface area contributed by atoms with Crippen molar-refractivity contribution in [3.05, 3.63) is 45.4 Å². The largest absolute Gasteiger partial charge is 0.310 e. The Morgan fingerprint density at radius 3 is 2.71 bits per heavy atom. The fraction of sp³-hybridized carbons (Fsp3) is 0.471. The third-order valence-corrected chi connectivity index (χ3v) is 5.74. The van der Waals surface area contributed by atoms with Crippen LogP contribution in [-0.2, 0) is 18.7 Å². The summed E-state index contributed by atoms with van der Waals surface area (Å²) in [6.07, 6.45) is 1.01. The molecule has 0 aliphatic rings. The van der Waals surface area contributed by atoms with E-state index in [-0.39, 0.29) is 0 Å². The van der Waals surface area contributed by atoms with E-state index in [2.05, 4.69) is 57.3 Å². The van der Waals surface area contributed by atoms with Gasteiger partial charge < -0.3 is 5.32 Å². The van der Waals surface area contributed by atoms with E-state index in [0.717, 1.165) is 18.7 Å². The first-order chi connectivity index (χ1) is 10.1. The smallest absolute Gasteiger partial charge is 0.103 e. The topological polar surface area (TPSA) is 24.9 Å². The van der Waals surface area contributed by atoms with Gasteiger partial charge in [0.25, 0.3) is 0 Å². The van der Waals surface area contributed by atoms with Gasteiger partial charge in [0.15, 0.2) is 0 Å². The standard InChI is InChI=1S/C17H24N2S2/c1-5-14-16(10-18-12(2)3)21-17(19-14)11-20-15-9-7-6-8-13(15)4/h6-9,12,18H,5,10-11H2,1-4H3. The molecule has 0 unspecified atom stereocenters. The minimum absolute atomic E-state index is 0.515. The fourth-order valence-electron chi connectivity index (χ4n) is 2.07. The predicted molar refractivity (Wildman–Crippen MR) is 94.2 cm³/mol. The van der Waals surface area contributed by atoms with Gasteiger partial charge in [-0.25, -0.2) is 4.98 Å². The van der Waals surface area contributed by atoms with Crippen molar-refractivity contribution >= 4 is 23.1 Å². The minimum Gasteiger partial charge on any atom is -0.310 e. The Kier molecular flexibility index (Phi) is 6.27. The van der Waals surface area contributed by atoms with Gasteiger partial charge in [-0.3, -0.25) is 0 Å². The molecule has 1 aromatic carbocycles. The number of benzene rings is 1. The monoisotopic (exact) mass is 320 g/mol. The molecule has 4 heteroatoms. The molecule has 0 amide bonds. The van der Waals surface area contributed by atoms with E-state index >= 15 is 0 Å². The maximum absolute atomic E-state index is 4.81. The zero-order valence-corrected chi connectivity index (χ0v) is 14.9. The summed E-state index contributed by atoms with van der Waals surface area (Å²) in [5.41, 5.74) is 2.60. The number of nitrogens with one attached hydrogen (secondary N) is 1. The zero-order valence-electron chi connectivity index (χ0n) is 13.3. The summed E-state index contributed by atoms with van der Waals surface area (Å²) in [6.45, 7) is 9.66. The zero-order chi connectivity index (χ0) is 15.2. The lowest BCUT2D eigenvalue weighted by Crippen LogP contribution is -2.21. The van der Waals surface area contributed by atoms with E-state index in [1.54, 1.807) is 0 Å². The quantitative estimate of drug-likeness (QED) is 0.741. The van der Waals surface area contributed by atoms with Gasteiger partial charge in [0.2, 0.25) is 0 Å². The Morgan fingerprint density at radius 1 is 1.29 bits per heavy atom. The molecule has 0 bridgehead atoms. The second kappa shape index (κ2) is 7.97. The normalized spacial score (nSPS) is 11.3. The molecule has 114 valence electrons. The van der Waals surface area contributed by atoms with Crippen molar-refractivity contribution in [1.82, 2.24) is 10.3 Å². The molecule has 1 heterocycles. The van der Waals surface area contributed by atoms with Gasteiger partial charge in [-0.05, 0) is 25.0 Å². The molecule has 0 saturated carbocycles. The molecule has 21 heavy (non-hydrogen) atoms. The van der Waals surface area contributed by atoms with E-state index in [0.29, 0.717) is 6.04 Å². The molecule has 2 aromatic rings. The molecule has 0 radical (unpaired) electrons. The van der Waals surface area contributed by atoms with Crippen LogP contribution in [0.2, 0.25) is 0 Å². The molecule has 2 rings (SSSR count). The van der Waals surface area contributed by atoms with Gasteiger partial charge in [0.05, 0.1) is 11.4 Å². The first-order valence-electron chi connectivity index (χ1n) is 7.49. The van der Waals surface area contributed by atoms with Crippen LogP contribution in [0.25, 0.3) is 0 Å². The minimum atomic E-state index is 0.515. The highest BCUT2D eigenvalue weighted by Gasteiger charge is 2.10. The third kappa shape index (κ3) is 4.83. The first-order valence-corrected chi connectivity index (χ1v) is 9.29. The van der Waals surface area contributed by atoms with E-state index < -0.39 is 0 Å². The highest BCUT2D eigenvalue weighted by molar-refractivity contribution is 7.98. The Morgan fingerprint density at radius 2 is 2.05 bits per heavy atom. The average Bonchev–Trinajstić information content (AvgIpc) is 2.86. The van der Waals surface area contributed by atoms with Crippen LogP contribution < -0.4 is 5.32 Å². The van der Waals surface area contributed by atoms with Gasteiger partial charge in [-0.15, -0.1) is 23.1 Å². The molecule has 0 aliphatic heterocycles. The van der Waals surface area contributed by atoms with Crippen LogP contribution in [0.5, 0.6) is 0 Å². The molecule has 0 spiro atoms. The second-order valence-corrected chi connectivity index (χ2v) is 7.61. The van der Waals surface area contributed by atoms with Gasteiger partial charge in [0.1, 0.15) is 5.01 Å². The molecule has 2 nitrogen and oxygen atoms in total. The van der Waals surface area contributed by atoms with Gasteiger partial charge in [-0.1, -0.05) is 39.0 Å². The highest BCUT2D eigenvalue weighted by Crippen LogP contribution is 2.29. The van der Waals surface area contributed by atoms with Crippen LogP contribution in [0.3, 0.4) is 0 Å². The SMILES string of the molecule is CCc1nc(CSc2ccccc2C)sc1CNC(C)C. The highest BCUT2D eigenvalue weighted by atomic mass is 32.2. The van der Waals surface area contributed by atoms with Crippen molar-refractivity contribution in [3.63, 3.8) is 0 Å². The van der Waals surface area contributed by atoms with E-state index in [9.17, 15) is 0 Å². The number of aryl methyl sites for hydroxylation is 2. The lowest BCUT2D eigenvalue weighted by Gasteiger charge is -2.06. The van der Waals surface area contributed by atoms with Crippen LogP contribution in [-0.4, -0.2) is 11.0 Å². The van der Waals surface area contributed by atoms with Crippen molar-refractivity contribution < 1.29 is 0 Å². The fourth-order valence-corrected chi connectivity index (χ4v) is 4.20. The summed E-state index contributed by atoms with van der Waals surface area (Å²) >= 11 is 3.74. The molecular weight excluding hydrogens is 296 g/mol. The van der Waals surface area contributed by atoms with Gasteiger partial charge in [-0.2, -0.15) is 0 Å². The number of thiazole rings is 1. The number of nitrogens with zero attached hydrogens (tertiary/aromatic N) is 1. The maximum Gasteiger partial charge on any atom is 0.103 e. The molecular formula is C17H24N2S2. The van der Waals surface area contributed by atoms with Crippen molar-refractivity contribution in [2.24, 2.45) is 0 Å². The number of thioether (sulfide) groups is 1.